The Balaban J connectivity index is 1.39. The van der Waals surface area contributed by atoms with Gasteiger partial charge in [0.05, 0.1) is 11.9 Å². The molecule has 3 N–H and O–H groups in total. The number of hydrogen-bond acceptors (Lipinski definition) is 7. The first kappa shape index (κ1) is 23.8. The van der Waals surface area contributed by atoms with E-state index >= 15 is 0 Å². The van der Waals surface area contributed by atoms with E-state index < -0.39 is 20.0 Å². The van der Waals surface area contributed by atoms with Gasteiger partial charge in [0, 0.05) is 24.2 Å². The highest BCUT2D eigenvalue weighted by Gasteiger charge is 2.57. The maximum atomic E-state index is 13.9. The lowest BCUT2D eigenvalue weighted by atomic mass is 9.77. The van der Waals surface area contributed by atoms with Crippen molar-refractivity contribution in [3.8, 4) is 0 Å². The zero-order valence-corrected chi connectivity index (χ0v) is 21.6. The van der Waals surface area contributed by atoms with E-state index in [1.165, 1.54) is 18.2 Å². The summed E-state index contributed by atoms with van der Waals surface area (Å²) in [6, 6.07) is 4.00. The molecule has 5 aliphatic rings. The molecule has 0 spiro atoms. The number of nitrogens with one attached hydrogen (secondary N) is 2. The van der Waals surface area contributed by atoms with Gasteiger partial charge in [0.15, 0.2) is 5.84 Å². The van der Waals surface area contributed by atoms with Gasteiger partial charge in [0.25, 0.3) is 15.9 Å². The van der Waals surface area contributed by atoms with Gasteiger partial charge in [-0.25, -0.2) is 8.42 Å². The Morgan fingerprint density at radius 2 is 1.89 bits per heavy atom. The van der Waals surface area contributed by atoms with Crippen LogP contribution >= 0.6 is 0 Å². The molecule has 194 valence electrons. The van der Waals surface area contributed by atoms with E-state index in [0.717, 1.165) is 51.2 Å². The second-order valence-electron chi connectivity index (χ2n) is 10.8. The third-order valence-corrected chi connectivity index (χ3v) is 10.4. The monoisotopic (exact) mass is 534 g/mol. The molecule has 36 heavy (non-hydrogen) atoms. The van der Waals surface area contributed by atoms with Crippen LogP contribution < -0.4 is 10.0 Å². The normalized spacial score (nSPS) is 31.2. The van der Waals surface area contributed by atoms with Gasteiger partial charge < -0.3 is 15.3 Å². The highest BCUT2D eigenvalue weighted by molar-refractivity contribution is 7.92. The largest absolute Gasteiger partial charge is 0.511 e. The Hall–Kier alpha value is -2.60. The second kappa shape index (κ2) is 8.20. The predicted molar refractivity (Wildman–Crippen MR) is 135 cm³/mol. The Kier molecular flexibility index (Phi) is 5.42. The minimum absolute atomic E-state index is 0.0432. The molecule has 0 saturated heterocycles. The molecule has 2 heterocycles. The van der Waals surface area contributed by atoms with Crippen molar-refractivity contribution >= 4 is 43.2 Å². The number of nitrogens with zero attached hydrogens (tertiary/aromatic N) is 2. The van der Waals surface area contributed by atoms with Crippen LogP contribution in [0.5, 0.6) is 0 Å². The van der Waals surface area contributed by atoms with E-state index in [4.69, 9.17) is 0 Å². The van der Waals surface area contributed by atoms with Crippen molar-refractivity contribution in [2.75, 3.05) is 22.8 Å². The lowest BCUT2D eigenvalue weighted by molar-refractivity contribution is -0.134. The van der Waals surface area contributed by atoms with Crippen molar-refractivity contribution in [1.29, 1.82) is 0 Å². The average Bonchev–Trinajstić information content (AvgIpc) is 3.54. The lowest BCUT2D eigenvalue weighted by Gasteiger charge is -2.45. The Morgan fingerprint density at radius 1 is 1.17 bits per heavy atom. The minimum Gasteiger partial charge on any atom is -0.511 e. The molecule has 3 fully saturated rings. The number of amides is 1. The quantitative estimate of drug-likeness (QED) is 0.527. The number of anilines is 2. The summed E-state index contributed by atoms with van der Waals surface area (Å²) in [5.41, 5.74) is 0.197. The standard InChI is InChI=1S/C24H30N4O6S2/c1-35(31,32)26-16-8-9-17-18(11-16)36(33,34)27-23(25-17)20-22(29)19-14-6-7-15(10-14)21(19)28(24(20)30)12-13-4-2-3-5-13/h8-9,11,13-15,19,21,26,29H,2-7,10,12H2,1H3,(H,25,27)/t14-,15+,19?,21?/m0/s1. The number of carbonyl (C=O) groups is 1. The molecule has 2 bridgehead atoms. The Bertz CT molecular complexity index is 1410. The lowest BCUT2D eigenvalue weighted by Crippen LogP contribution is -2.55. The number of hydrogen-bond donors (Lipinski definition) is 3. The SMILES string of the molecule is CS(=O)(=O)Nc1ccc2c(c1)S(=O)(=O)N=C(C1=C(O)C3C([C@@H]4CC[C@H]3C4)N(CC3CCCC3)C1=O)N2. The van der Waals surface area contributed by atoms with Crippen molar-refractivity contribution in [3.63, 3.8) is 0 Å². The van der Waals surface area contributed by atoms with Crippen molar-refractivity contribution in [1.82, 2.24) is 4.90 Å². The van der Waals surface area contributed by atoms with E-state index in [1.807, 2.05) is 4.90 Å². The topological polar surface area (TPSA) is 145 Å². The number of fused-ring (bicyclic) bond motifs is 6. The predicted octanol–water partition coefficient (Wildman–Crippen LogP) is 2.83. The van der Waals surface area contributed by atoms with Gasteiger partial charge in [-0.3, -0.25) is 9.52 Å². The zero-order chi connectivity index (χ0) is 25.4. The van der Waals surface area contributed by atoms with Crippen molar-refractivity contribution in [2.45, 2.75) is 55.9 Å². The highest BCUT2D eigenvalue weighted by atomic mass is 32.2. The van der Waals surface area contributed by atoms with Crippen LogP contribution in [-0.2, 0) is 24.8 Å². The zero-order valence-electron chi connectivity index (χ0n) is 20.0. The Labute approximate surface area is 211 Å². The van der Waals surface area contributed by atoms with Crippen LogP contribution in [0.2, 0.25) is 0 Å². The number of amidine groups is 1. The third-order valence-electron chi connectivity index (χ3n) is 8.47. The first-order valence-electron chi connectivity index (χ1n) is 12.5. The maximum Gasteiger partial charge on any atom is 0.286 e. The van der Waals surface area contributed by atoms with Crippen LogP contribution in [0, 0.1) is 23.7 Å². The Morgan fingerprint density at radius 3 is 2.61 bits per heavy atom. The van der Waals surface area contributed by atoms with E-state index in [-0.39, 0.29) is 57.2 Å². The van der Waals surface area contributed by atoms with E-state index in [9.17, 15) is 26.7 Å². The van der Waals surface area contributed by atoms with Gasteiger partial charge in [0.2, 0.25) is 10.0 Å². The number of rotatable bonds is 5. The van der Waals surface area contributed by atoms with Gasteiger partial charge >= 0.3 is 0 Å². The number of aliphatic hydroxyl groups is 1. The van der Waals surface area contributed by atoms with Crippen LogP contribution in [0.25, 0.3) is 0 Å². The smallest absolute Gasteiger partial charge is 0.286 e. The summed E-state index contributed by atoms with van der Waals surface area (Å²) in [6.07, 6.45) is 8.44. The van der Waals surface area contributed by atoms with Crippen molar-refractivity contribution in [3.05, 3.63) is 29.5 Å². The number of carbonyl (C=O) groups excluding carboxylic acids is 1. The average molecular weight is 535 g/mol. The highest BCUT2D eigenvalue weighted by Crippen LogP contribution is 2.55. The molecule has 1 aromatic rings. The summed E-state index contributed by atoms with van der Waals surface area (Å²) < 4.78 is 55.6. The molecule has 0 radical (unpaired) electrons. The molecule has 2 unspecified atom stereocenters. The molecule has 3 aliphatic carbocycles. The third kappa shape index (κ3) is 3.89. The molecule has 4 atom stereocenters. The summed E-state index contributed by atoms with van der Waals surface area (Å²) in [5, 5.41) is 14.3. The van der Waals surface area contributed by atoms with Crippen LogP contribution in [0.15, 0.2) is 38.8 Å². The first-order valence-corrected chi connectivity index (χ1v) is 15.8. The number of benzene rings is 1. The molecule has 2 aliphatic heterocycles. The second-order valence-corrected chi connectivity index (χ2v) is 14.2. The fourth-order valence-corrected chi connectivity index (χ4v) is 8.80. The molecule has 3 saturated carbocycles. The molecule has 1 amide bonds. The van der Waals surface area contributed by atoms with Gasteiger partial charge in [-0.2, -0.15) is 8.42 Å². The van der Waals surface area contributed by atoms with Crippen LogP contribution in [-0.4, -0.2) is 57.4 Å². The van der Waals surface area contributed by atoms with E-state index in [0.29, 0.717) is 18.4 Å². The first-order chi connectivity index (χ1) is 17.0. The van der Waals surface area contributed by atoms with E-state index in [2.05, 4.69) is 14.4 Å². The number of aliphatic hydroxyl groups excluding tert-OH is 1. The fraction of sp³-hybridized carbons (Fsp3) is 0.583. The summed E-state index contributed by atoms with van der Waals surface area (Å²) in [7, 11) is -7.87. The summed E-state index contributed by atoms with van der Waals surface area (Å²) >= 11 is 0. The molecule has 6 rings (SSSR count). The van der Waals surface area contributed by atoms with Gasteiger partial charge in [0.1, 0.15) is 16.2 Å². The van der Waals surface area contributed by atoms with Crippen molar-refractivity contribution < 1.29 is 26.7 Å². The van der Waals surface area contributed by atoms with Crippen molar-refractivity contribution in [2.24, 2.45) is 28.1 Å². The van der Waals surface area contributed by atoms with Crippen LogP contribution in [0.1, 0.15) is 44.9 Å². The summed E-state index contributed by atoms with van der Waals surface area (Å²) in [5.74, 6) is 0.252. The molecular weight excluding hydrogens is 504 g/mol. The van der Waals surface area contributed by atoms with Gasteiger partial charge in [-0.1, -0.05) is 12.8 Å². The molecule has 12 heteroatoms. The molecule has 0 aromatic heterocycles. The van der Waals surface area contributed by atoms with Crippen LogP contribution in [0.3, 0.4) is 0 Å². The number of sulfonamides is 2. The summed E-state index contributed by atoms with van der Waals surface area (Å²) in [4.78, 5) is 15.6. The maximum absolute atomic E-state index is 13.9. The minimum atomic E-state index is -4.26. The summed E-state index contributed by atoms with van der Waals surface area (Å²) in [6.45, 7) is 0.622. The molecular formula is C24H30N4O6S2. The van der Waals surface area contributed by atoms with Gasteiger partial charge in [-0.05, 0) is 68.1 Å². The molecule has 10 nitrogen and oxygen atoms in total. The van der Waals surface area contributed by atoms with Crippen LogP contribution in [0.4, 0.5) is 11.4 Å². The van der Waals surface area contributed by atoms with E-state index in [1.54, 1.807) is 0 Å². The fourth-order valence-electron chi connectivity index (χ4n) is 7.09. The molecule has 1 aromatic carbocycles. The van der Waals surface area contributed by atoms with Gasteiger partial charge in [-0.15, -0.1) is 4.40 Å².